The largest absolute Gasteiger partial charge is 0.325 e. The molecule has 3 atom stereocenters. The van der Waals surface area contributed by atoms with Crippen LogP contribution in [0.5, 0.6) is 0 Å². The van der Waals surface area contributed by atoms with Crippen molar-refractivity contribution in [3.63, 3.8) is 0 Å². The van der Waals surface area contributed by atoms with Crippen molar-refractivity contribution in [3.8, 4) is 0 Å². The molecule has 9 heteroatoms. The van der Waals surface area contributed by atoms with Gasteiger partial charge in [0.2, 0.25) is 15.9 Å². The van der Waals surface area contributed by atoms with E-state index in [1.165, 1.54) is 7.05 Å². The van der Waals surface area contributed by atoms with Crippen LogP contribution in [0, 0.1) is 11.8 Å². The molecule has 0 spiro atoms. The standard InChI is InChI=1S/C14H22N4O4S/c1-16-13(19)4-12(15-14(16)20)17-5-9-7-18(8-10(9)6-17)23(21,22)11-2-3-11/h9-12H,2-8H2,1H3,(H,15,20). The summed E-state index contributed by atoms with van der Waals surface area (Å²) in [6.45, 7) is 2.63. The molecule has 1 N–H and O–H groups in total. The summed E-state index contributed by atoms with van der Waals surface area (Å²) in [5, 5.41) is 2.71. The monoisotopic (exact) mass is 342 g/mol. The van der Waals surface area contributed by atoms with Gasteiger partial charge in [-0.25, -0.2) is 17.5 Å². The number of nitrogens with one attached hydrogen (secondary N) is 1. The van der Waals surface area contributed by atoms with Crippen molar-refractivity contribution in [2.45, 2.75) is 30.7 Å². The highest BCUT2D eigenvalue weighted by atomic mass is 32.2. The number of imide groups is 1. The maximum Gasteiger partial charge on any atom is 0.325 e. The Morgan fingerprint density at radius 2 is 1.65 bits per heavy atom. The topological polar surface area (TPSA) is 90.0 Å². The smallest absolute Gasteiger partial charge is 0.322 e. The number of nitrogens with zero attached hydrogens (tertiary/aromatic N) is 3. The van der Waals surface area contributed by atoms with Gasteiger partial charge in [0.15, 0.2) is 0 Å². The second-order valence-electron chi connectivity index (χ2n) is 7.16. The fourth-order valence-electron chi connectivity index (χ4n) is 3.95. The average Bonchev–Trinajstić information content (AvgIpc) is 3.16. The van der Waals surface area contributed by atoms with E-state index in [0.29, 0.717) is 24.9 Å². The number of sulfonamides is 1. The molecule has 0 aromatic rings. The highest BCUT2D eigenvalue weighted by molar-refractivity contribution is 7.90. The summed E-state index contributed by atoms with van der Waals surface area (Å²) in [5.41, 5.74) is 0. The quantitative estimate of drug-likeness (QED) is 0.728. The highest BCUT2D eigenvalue weighted by Crippen LogP contribution is 2.38. The fraction of sp³-hybridized carbons (Fsp3) is 0.857. The Balaban J connectivity index is 1.39. The van der Waals surface area contributed by atoms with Crippen molar-refractivity contribution in [2.75, 3.05) is 33.2 Å². The van der Waals surface area contributed by atoms with Crippen molar-refractivity contribution in [1.82, 2.24) is 19.4 Å². The summed E-state index contributed by atoms with van der Waals surface area (Å²) in [5.74, 6) is 0.430. The maximum atomic E-state index is 12.3. The summed E-state index contributed by atoms with van der Waals surface area (Å²) in [4.78, 5) is 26.8. The lowest BCUT2D eigenvalue weighted by Gasteiger charge is -2.35. The molecule has 128 valence electrons. The predicted octanol–water partition coefficient (Wildman–Crippen LogP) is -0.760. The highest BCUT2D eigenvalue weighted by Gasteiger charge is 2.49. The van der Waals surface area contributed by atoms with E-state index in [4.69, 9.17) is 0 Å². The number of amides is 3. The zero-order chi connectivity index (χ0) is 16.4. The Hall–Kier alpha value is -1.19. The van der Waals surface area contributed by atoms with E-state index < -0.39 is 10.0 Å². The van der Waals surface area contributed by atoms with Crippen molar-refractivity contribution < 1.29 is 18.0 Å². The number of hydrogen-bond acceptors (Lipinski definition) is 5. The molecule has 3 amide bonds. The zero-order valence-electron chi connectivity index (χ0n) is 13.1. The number of likely N-dealkylation sites (tertiary alicyclic amines) is 1. The van der Waals surface area contributed by atoms with E-state index >= 15 is 0 Å². The first-order valence-electron chi connectivity index (χ1n) is 8.16. The van der Waals surface area contributed by atoms with E-state index in [1.54, 1.807) is 4.31 Å². The first-order valence-corrected chi connectivity index (χ1v) is 9.66. The molecule has 3 saturated heterocycles. The van der Waals surface area contributed by atoms with Crippen LogP contribution in [-0.2, 0) is 14.8 Å². The minimum atomic E-state index is -3.09. The molecular weight excluding hydrogens is 320 g/mol. The van der Waals surface area contributed by atoms with Crippen molar-refractivity contribution in [1.29, 1.82) is 0 Å². The van der Waals surface area contributed by atoms with Gasteiger partial charge < -0.3 is 5.32 Å². The van der Waals surface area contributed by atoms with Gasteiger partial charge in [-0.3, -0.25) is 14.6 Å². The molecule has 8 nitrogen and oxygen atoms in total. The van der Waals surface area contributed by atoms with Crippen LogP contribution in [0.2, 0.25) is 0 Å². The molecule has 4 aliphatic rings. The van der Waals surface area contributed by atoms with Crippen molar-refractivity contribution in [2.24, 2.45) is 11.8 Å². The second kappa shape index (κ2) is 5.15. The molecule has 3 aliphatic heterocycles. The third kappa shape index (κ3) is 2.54. The van der Waals surface area contributed by atoms with Gasteiger partial charge in [-0.05, 0) is 24.7 Å². The van der Waals surface area contributed by atoms with Gasteiger partial charge in [0.25, 0.3) is 0 Å². The Bertz CT molecular complexity index is 615. The van der Waals surface area contributed by atoms with E-state index in [9.17, 15) is 18.0 Å². The predicted molar refractivity (Wildman–Crippen MR) is 81.8 cm³/mol. The van der Waals surface area contributed by atoms with Crippen LogP contribution in [0.4, 0.5) is 4.79 Å². The molecule has 1 aliphatic carbocycles. The van der Waals surface area contributed by atoms with Crippen LogP contribution >= 0.6 is 0 Å². The number of carbonyl (C=O) groups is 2. The molecule has 4 fully saturated rings. The lowest BCUT2D eigenvalue weighted by molar-refractivity contribution is -0.130. The summed E-state index contributed by atoms with van der Waals surface area (Å²) >= 11 is 0. The van der Waals surface area contributed by atoms with Crippen molar-refractivity contribution in [3.05, 3.63) is 0 Å². The molecule has 0 radical (unpaired) electrons. The molecule has 1 saturated carbocycles. The molecular formula is C14H22N4O4S. The van der Waals surface area contributed by atoms with Crippen LogP contribution in [0.1, 0.15) is 19.3 Å². The van der Waals surface area contributed by atoms with Gasteiger partial charge in [-0.1, -0.05) is 0 Å². The summed E-state index contributed by atoms with van der Waals surface area (Å²) in [6, 6.07) is -0.360. The Morgan fingerprint density at radius 3 is 2.17 bits per heavy atom. The summed E-state index contributed by atoms with van der Waals surface area (Å²) in [6.07, 6.45) is 1.62. The lowest BCUT2D eigenvalue weighted by atomic mass is 10.0. The van der Waals surface area contributed by atoms with Crippen molar-refractivity contribution >= 4 is 22.0 Å². The summed E-state index contributed by atoms with van der Waals surface area (Å²) in [7, 11) is -1.61. The fourth-order valence-corrected chi connectivity index (χ4v) is 5.90. The Morgan fingerprint density at radius 1 is 1.04 bits per heavy atom. The van der Waals surface area contributed by atoms with E-state index in [2.05, 4.69) is 10.2 Å². The normalized spacial score (nSPS) is 36.4. The molecule has 4 rings (SSSR count). The van der Waals surface area contributed by atoms with Gasteiger partial charge in [0.05, 0.1) is 17.8 Å². The van der Waals surface area contributed by atoms with E-state index in [1.807, 2.05) is 0 Å². The maximum absolute atomic E-state index is 12.3. The van der Waals surface area contributed by atoms with Crippen LogP contribution in [0.15, 0.2) is 0 Å². The molecule has 0 bridgehead atoms. The van der Waals surface area contributed by atoms with Gasteiger partial charge in [-0.15, -0.1) is 0 Å². The number of urea groups is 1. The Kier molecular flexibility index (Phi) is 3.44. The van der Waals surface area contributed by atoms with Gasteiger partial charge in [0.1, 0.15) is 0 Å². The van der Waals surface area contributed by atoms with Gasteiger partial charge >= 0.3 is 6.03 Å². The SMILES string of the molecule is CN1C(=O)CC(N2CC3CN(S(=O)(=O)C4CC4)CC3C2)NC1=O. The van der Waals surface area contributed by atoms with Crippen LogP contribution in [0.25, 0.3) is 0 Å². The minimum absolute atomic E-state index is 0.150. The molecule has 3 heterocycles. The third-order valence-electron chi connectivity index (χ3n) is 5.56. The molecule has 0 aromatic carbocycles. The minimum Gasteiger partial charge on any atom is -0.322 e. The molecule has 0 aromatic heterocycles. The average molecular weight is 342 g/mol. The first kappa shape index (κ1) is 15.3. The first-order chi connectivity index (χ1) is 10.9. The third-order valence-corrected chi connectivity index (χ3v) is 7.90. The number of fused-ring (bicyclic) bond motifs is 1. The van der Waals surface area contributed by atoms with E-state index in [-0.39, 0.29) is 29.8 Å². The van der Waals surface area contributed by atoms with Crippen LogP contribution in [-0.4, -0.2) is 79.1 Å². The van der Waals surface area contributed by atoms with Crippen LogP contribution in [0.3, 0.4) is 0 Å². The van der Waals surface area contributed by atoms with Gasteiger partial charge in [-0.2, -0.15) is 0 Å². The number of hydrogen-bond donors (Lipinski definition) is 1. The second-order valence-corrected chi connectivity index (χ2v) is 9.37. The Labute approximate surface area is 135 Å². The van der Waals surface area contributed by atoms with Gasteiger partial charge in [0, 0.05) is 33.2 Å². The molecule has 3 unspecified atom stereocenters. The number of rotatable bonds is 3. The number of carbonyl (C=O) groups excluding carboxylic acids is 2. The lowest BCUT2D eigenvalue weighted by Crippen LogP contribution is -2.59. The zero-order valence-corrected chi connectivity index (χ0v) is 14.0. The summed E-state index contributed by atoms with van der Waals surface area (Å²) < 4.78 is 26.3. The van der Waals surface area contributed by atoms with Crippen LogP contribution < -0.4 is 5.32 Å². The van der Waals surface area contributed by atoms with E-state index in [0.717, 1.165) is 30.8 Å². The molecule has 23 heavy (non-hydrogen) atoms.